The largest absolute Gasteiger partial charge is 0.464 e. The minimum absolute atomic E-state index is 0.647. The predicted molar refractivity (Wildman–Crippen MR) is 89.5 cm³/mol. The van der Waals surface area contributed by atoms with Crippen LogP contribution in [0, 0.1) is 12.8 Å². The SMILES string of the molecule is Cc1nnc2n1CCN(C1CN(Cc3ccc([C@H]4C[C@@H]4C)o3)C1)C2. The summed E-state index contributed by atoms with van der Waals surface area (Å²) in [6.45, 7) is 10.6. The molecular weight excluding hydrogens is 302 g/mol. The van der Waals surface area contributed by atoms with Gasteiger partial charge in [0.2, 0.25) is 0 Å². The molecule has 0 N–H and O–H groups in total. The van der Waals surface area contributed by atoms with Gasteiger partial charge in [0, 0.05) is 38.1 Å². The summed E-state index contributed by atoms with van der Waals surface area (Å²) in [6, 6.07) is 4.99. The number of aryl methyl sites for hydroxylation is 1. The molecule has 2 aromatic heterocycles. The van der Waals surface area contributed by atoms with Crippen molar-refractivity contribution in [1.29, 1.82) is 0 Å². The number of hydrogen-bond donors (Lipinski definition) is 0. The lowest BCUT2D eigenvalue weighted by atomic mass is 10.1. The van der Waals surface area contributed by atoms with Gasteiger partial charge in [-0.3, -0.25) is 9.80 Å². The molecule has 0 radical (unpaired) electrons. The zero-order valence-electron chi connectivity index (χ0n) is 14.5. The number of likely N-dealkylation sites (tertiary alicyclic amines) is 1. The highest BCUT2D eigenvalue weighted by Gasteiger charge is 2.37. The van der Waals surface area contributed by atoms with Crippen molar-refractivity contribution in [3.05, 3.63) is 35.3 Å². The molecule has 0 spiro atoms. The zero-order chi connectivity index (χ0) is 16.3. The lowest BCUT2D eigenvalue weighted by Crippen LogP contribution is -2.59. The van der Waals surface area contributed by atoms with Crippen molar-refractivity contribution in [3.8, 4) is 0 Å². The van der Waals surface area contributed by atoms with E-state index in [1.807, 2.05) is 6.92 Å². The fraction of sp³-hybridized carbons (Fsp3) is 0.667. The molecule has 128 valence electrons. The monoisotopic (exact) mass is 327 g/mol. The van der Waals surface area contributed by atoms with Crippen molar-refractivity contribution in [1.82, 2.24) is 24.6 Å². The van der Waals surface area contributed by atoms with Gasteiger partial charge in [0.25, 0.3) is 0 Å². The molecule has 5 rings (SSSR count). The maximum atomic E-state index is 6.04. The Morgan fingerprint density at radius 1 is 1.21 bits per heavy atom. The first kappa shape index (κ1) is 14.7. The molecule has 0 amide bonds. The third-order valence-corrected chi connectivity index (χ3v) is 5.96. The molecule has 0 bridgehead atoms. The fourth-order valence-electron chi connectivity index (χ4n) is 4.15. The second-order valence-electron chi connectivity index (χ2n) is 7.76. The summed E-state index contributed by atoms with van der Waals surface area (Å²) in [6.07, 6.45) is 1.29. The third kappa shape index (κ3) is 2.48. The van der Waals surface area contributed by atoms with Gasteiger partial charge >= 0.3 is 0 Å². The van der Waals surface area contributed by atoms with Crippen LogP contribution in [0.4, 0.5) is 0 Å². The Kier molecular flexibility index (Phi) is 3.31. The molecule has 1 aliphatic carbocycles. The molecule has 6 nitrogen and oxygen atoms in total. The highest BCUT2D eigenvalue weighted by molar-refractivity contribution is 5.18. The van der Waals surface area contributed by atoms with Crippen molar-refractivity contribution in [2.24, 2.45) is 5.92 Å². The number of aromatic nitrogens is 3. The molecule has 2 atom stereocenters. The first-order valence-electron chi connectivity index (χ1n) is 9.11. The van der Waals surface area contributed by atoms with E-state index in [4.69, 9.17) is 4.42 Å². The smallest absolute Gasteiger partial charge is 0.147 e. The number of hydrogen-bond acceptors (Lipinski definition) is 5. The van der Waals surface area contributed by atoms with Crippen LogP contribution >= 0.6 is 0 Å². The number of rotatable bonds is 4. The lowest BCUT2D eigenvalue weighted by Gasteiger charge is -2.46. The Morgan fingerprint density at radius 2 is 2.04 bits per heavy atom. The second kappa shape index (κ2) is 5.43. The van der Waals surface area contributed by atoms with Gasteiger partial charge in [-0.1, -0.05) is 6.92 Å². The van der Waals surface area contributed by atoms with Crippen LogP contribution in [0.25, 0.3) is 0 Å². The van der Waals surface area contributed by atoms with Crippen LogP contribution in [-0.2, 0) is 19.6 Å². The van der Waals surface area contributed by atoms with Gasteiger partial charge in [0.05, 0.1) is 13.1 Å². The number of furan rings is 1. The van der Waals surface area contributed by atoms with Crippen LogP contribution < -0.4 is 0 Å². The molecule has 4 heterocycles. The molecule has 0 unspecified atom stereocenters. The van der Waals surface area contributed by atoms with Crippen LogP contribution in [0.15, 0.2) is 16.5 Å². The highest BCUT2D eigenvalue weighted by atomic mass is 16.3. The minimum Gasteiger partial charge on any atom is -0.464 e. The van der Waals surface area contributed by atoms with E-state index in [1.54, 1.807) is 0 Å². The van der Waals surface area contributed by atoms with E-state index < -0.39 is 0 Å². The molecule has 24 heavy (non-hydrogen) atoms. The number of nitrogens with zero attached hydrogens (tertiary/aromatic N) is 5. The Labute approximate surface area is 142 Å². The van der Waals surface area contributed by atoms with Crippen LogP contribution in [-0.4, -0.2) is 50.2 Å². The molecular formula is C18H25N5O. The molecule has 1 saturated heterocycles. The van der Waals surface area contributed by atoms with Gasteiger partial charge in [-0.25, -0.2) is 0 Å². The molecule has 2 aromatic rings. The van der Waals surface area contributed by atoms with Crippen molar-refractivity contribution in [2.45, 2.75) is 51.9 Å². The average Bonchev–Trinajstić information content (AvgIpc) is 2.95. The van der Waals surface area contributed by atoms with E-state index in [0.717, 1.165) is 62.6 Å². The molecule has 2 fully saturated rings. The van der Waals surface area contributed by atoms with Gasteiger partial charge in [0.1, 0.15) is 23.2 Å². The van der Waals surface area contributed by atoms with Gasteiger partial charge in [-0.15, -0.1) is 10.2 Å². The van der Waals surface area contributed by atoms with Gasteiger partial charge < -0.3 is 8.98 Å². The lowest BCUT2D eigenvalue weighted by molar-refractivity contribution is 0.00929. The Morgan fingerprint density at radius 3 is 2.83 bits per heavy atom. The van der Waals surface area contributed by atoms with Gasteiger partial charge in [-0.2, -0.15) is 0 Å². The third-order valence-electron chi connectivity index (χ3n) is 5.96. The number of fused-ring (bicyclic) bond motifs is 1. The Bertz CT molecular complexity index is 744. The molecule has 1 saturated carbocycles. The average molecular weight is 327 g/mol. The highest BCUT2D eigenvalue weighted by Crippen LogP contribution is 2.47. The van der Waals surface area contributed by atoms with E-state index in [9.17, 15) is 0 Å². The maximum absolute atomic E-state index is 6.04. The minimum atomic E-state index is 0.647. The van der Waals surface area contributed by atoms with Crippen molar-refractivity contribution < 1.29 is 4.42 Å². The van der Waals surface area contributed by atoms with Crippen molar-refractivity contribution >= 4 is 0 Å². The van der Waals surface area contributed by atoms with E-state index in [2.05, 4.69) is 43.6 Å². The van der Waals surface area contributed by atoms with Gasteiger partial charge in [-0.05, 0) is 31.4 Å². The van der Waals surface area contributed by atoms with Crippen molar-refractivity contribution in [3.63, 3.8) is 0 Å². The quantitative estimate of drug-likeness (QED) is 0.860. The Hall–Kier alpha value is -1.66. The fourth-order valence-corrected chi connectivity index (χ4v) is 4.15. The summed E-state index contributed by atoms with van der Waals surface area (Å²) in [5, 5.41) is 8.51. The van der Waals surface area contributed by atoms with Crippen LogP contribution in [0.3, 0.4) is 0 Å². The normalized spacial score (nSPS) is 27.9. The summed E-state index contributed by atoms with van der Waals surface area (Å²) >= 11 is 0. The van der Waals surface area contributed by atoms with Crippen LogP contribution in [0.2, 0.25) is 0 Å². The first-order chi connectivity index (χ1) is 11.7. The van der Waals surface area contributed by atoms with E-state index in [-0.39, 0.29) is 0 Å². The predicted octanol–water partition coefficient (Wildman–Crippen LogP) is 2.00. The summed E-state index contributed by atoms with van der Waals surface area (Å²) in [5.41, 5.74) is 0. The van der Waals surface area contributed by atoms with E-state index >= 15 is 0 Å². The standard InChI is InChI=1S/C18H25N5O/c1-12-7-16(12)17-4-3-15(24-17)10-21-8-14(9-21)22-5-6-23-13(2)19-20-18(23)11-22/h3-4,12,14,16H,5-11H2,1-2H3/t12-,16-/m0/s1. The molecule has 0 aromatic carbocycles. The Balaban J connectivity index is 1.14. The molecule has 2 aliphatic heterocycles. The summed E-state index contributed by atoms with van der Waals surface area (Å²) in [7, 11) is 0. The second-order valence-corrected chi connectivity index (χ2v) is 7.76. The topological polar surface area (TPSA) is 50.3 Å². The zero-order valence-corrected chi connectivity index (χ0v) is 14.5. The maximum Gasteiger partial charge on any atom is 0.147 e. The van der Waals surface area contributed by atoms with Crippen LogP contribution in [0.5, 0.6) is 0 Å². The van der Waals surface area contributed by atoms with E-state index in [0.29, 0.717) is 12.0 Å². The summed E-state index contributed by atoms with van der Waals surface area (Å²) in [4.78, 5) is 5.04. The van der Waals surface area contributed by atoms with E-state index in [1.165, 1.54) is 12.2 Å². The van der Waals surface area contributed by atoms with Crippen LogP contribution in [0.1, 0.15) is 42.4 Å². The molecule has 3 aliphatic rings. The summed E-state index contributed by atoms with van der Waals surface area (Å²) < 4.78 is 8.28. The molecule has 6 heteroatoms. The first-order valence-corrected chi connectivity index (χ1v) is 9.11. The summed E-state index contributed by atoms with van der Waals surface area (Å²) in [5.74, 6) is 5.96. The van der Waals surface area contributed by atoms with Crippen molar-refractivity contribution in [2.75, 3.05) is 19.6 Å². The van der Waals surface area contributed by atoms with Gasteiger partial charge in [0.15, 0.2) is 0 Å².